The number of benzene rings is 1. The molecule has 7 heteroatoms. The molecular weight excluding hydrogens is 295 g/mol. The van der Waals surface area contributed by atoms with E-state index in [0.29, 0.717) is 18.5 Å². The number of aromatic nitrogens is 2. The largest absolute Gasteiger partial charge is 0.418 e. The highest BCUT2D eigenvalue weighted by molar-refractivity contribution is 5.92. The SMILES string of the molecule is Cc1cccc(C(F)(F)F)c1NC(=O)CCCn1cccn1. The molecule has 2 rings (SSSR count). The second-order valence-electron chi connectivity index (χ2n) is 4.92. The molecule has 2 aromatic rings. The maximum Gasteiger partial charge on any atom is 0.418 e. The highest BCUT2D eigenvalue weighted by Gasteiger charge is 2.34. The summed E-state index contributed by atoms with van der Waals surface area (Å²) in [5.74, 6) is -0.438. The van der Waals surface area contributed by atoms with Gasteiger partial charge in [0.15, 0.2) is 0 Å². The molecule has 22 heavy (non-hydrogen) atoms. The average Bonchev–Trinajstić information content (AvgIpc) is 2.93. The van der Waals surface area contributed by atoms with Crippen LogP contribution < -0.4 is 5.32 Å². The van der Waals surface area contributed by atoms with Gasteiger partial charge >= 0.3 is 6.18 Å². The molecule has 0 saturated heterocycles. The zero-order valence-corrected chi connectivity index (χ0v) is 12.0. The van der Waals surface area contributed by atoms with Crippen LogP contribution in [0, 0.1) is 6.92 Å². The average molecular weight is 311 g/mol. The third kappa shape index (κ3) is 4.09. The van der Waals surface area contributed by atoms with Gasteiger partial charge in [-0.25, -0.2) is 0 Å². The highest BCUT2D eigenvalue weighted by Crippen LogP contribution is 2.36. The number of rotatable bonds is 5. The predicted octanol–water partition coefficient (Wildman–Crippen LogP) is 3.63. The van der Waals surface area contributed by atoms with Crippen molar-refractivity contribution in [2.45, 2.75) is 32.5 Å². The first-order valence-electron chi connectivity index (χ1n) is 6.82. The van der Waals surface area contributed by atoms with Crippen LogP contribution in [0.25, 0.3) is 0 Å². The number of aryl methyl sites for hydroxylation is 2. The van der Waals surface area contributed by atoms with Gasteiger partial charge in [-0.2, -0.15) is 18.3 Å². The zero-order chi connectivity index (χ0) is 16.2. The standard InChI is InChI=1S/C15H16F3N3O/c1-11-5-2-6-12(15(16,17)18)14(11)20-13(22)7-3-9-21-10-4-8-19-21/h2,4-6,8,10H,3,7,9H2,1H3,(H,20,22). The number of hydrogen-bond donors (Lipinski definition) is 1. The number of alkyl halides is 3. The highest BCUT2D eigenvalue weighted by atomic mass is 19.4. The maximum atomic E-state index is 13.0. The molecule has 1 N–H and O–H groups in total. The lowest BCUT2D eigenvalue weighted by molar-refractivity contribution is -0.137. The van der Waals surface area contributed by atoms with Crippen LogP contribution in [0.15, 0.2) is 36.7 Å². The minimum absolute atomic E-state index is 0.130. The number of anilines is 1. The van der Waals surface area contributed by atoms with Crippen LogP contribution >= 0.6 is 0 Å². The third-order valence-corrected chi connectivity index (χ3v) is 3.19. The van der Waals surface area contributed by atoms with E-state index in [1.165, 1.54) is 19.1 Å². The summed E-state index contributed by atoms with van der Waals surface area (Å²) < 4.78 is 40.5. The van der Waals surface area contributed by atoms with Crippen LogP contribution in [0.4, 0.5) is 18.9 Å². The molecule has 118 valence electrons. The molecule has 1 aromatic heterocycles. The lowest BCUT2D eigenvalue weighted by atomic mass is 10.1. The third-order valence-electron chi connectivity index (χ3n) is 3.19. The Morgan fingerprint density at radius 1 is 1.32 bits per heavy atom. The van der Waals surface area contributed by atoms with Crippen LogP contribution in [0.1, 0.15) is 24.0 Å². The predicted molar refractivity (Wildman–Crippen MR) is 76.3 cm³/mol. The van der Waals surface area contributed by atoms with Gasteiger partial charge in [-0.3, -0.25) is 9.48 Å². The first kappa shape index (κ1) is 16.1. The summed E-state index contributed by atoms with van der Waals surface area (Å²) in [5, 5.41) is 6.37. The summed E-state index contributed by atoms with van der Waals surface area (Å²) in [5.41, 5.74) is -0.609. The van der Waals surface area contributed by atoms with E-state index in [1.807, 2.05) is 0 Å². The second kappa shape index (κ2) is 6.64. The lowest BCUT2D eigenvalue weighted by Gasteiger charge is -2.16. The lowest BCUT2D eigenvalue weighted by Crippen LogP contribution is -2.18. The molecule has 0 unspecified atom stereocenters. The van der Waals surface area contributed by atoms with E-state index in [-0.39, 0.29) is 12.1 Å². The van der Waals surface area contributed by atoms with Gasteiger partial charge in [-0.05, 0) is 31.0 Å². The minimum atomic E-state index is -4.50. The number of nitrogens with zero attached hydrogens (tertiary/aromatic N) is 2. The first-order valence-corrected chi connectivity index (χ1v) is 6.82. The Kier molecular flexibility index (Phi) is 4.85. The second-order valence-corrected chi connectivity index (χ2v) is 4.92. The quantitative estimate of drug-likeness (QED) is 0.916. The van der Waals surface area contributed by atoms with Gasteiger partial charge in [0, 0.05) is 25.4 Å². The van der Waals surface area contributed by atoms with E-state index in [0.717, 1.165) is 6.07 Å². The Morgan fingerprint density at radius 2 is 2.09 bits per heavy atom. The fourth-order valence-electron chi connectivity index (χ4n) is 2.11. The summed E-state index contributed by atoms with van der Waals surface area (Å²) in [7, 11) is 0. The molecule has 0 aliphatic carbocycles. The molecule has 1 aromatic carbocycles. The number of carbonyl (C=O) groups excluding carboxylic acids is 1. The van der Waals surface area contributed by atoms with E-state index in [1.54, 1.807) is 23.1 Å². The Labute approximate surface area is 125 Å². The molecule has 1 amide bonds. The van der Waals surface area contributed by atoms with Gasteiger partial charge in [-0.15, -0.1) is 0 Å². The van der Waals surface area contributed by atoms with E-state index in [2.05, 4.69) is 10.4 Å². The zero-order valence-electron chi connectivity index (χ0n) is 12.0. The molecule has 0 fully saturated rings. The summed E-state index contributed by atoms with van der Waals surface area (Å²) >= 11 is 0. The molecule has 0 saturated carbocycles. The van der Waals surface area contributed by atoms with Crippen molar-refractivity contribution in [1.29, 1.82) is 0 Å². The summed E-state index contributed by atoms with van der Waals surface area (Å²) in [6, 6.07) is 5.59. The van der Waals surface area contributed by atoms with Gasteiger partial charge in [0.2, 0.25) is 5.91 Å². The van der Waals surface area contributed by atoms with Crippen molar-refractivity contribution in [2.24, 2.45) is 0 Å². The van der Waals surface area contributed by atoms with Crippen molar-refractivity contribution in [2.75, 3.05) is 5.32 Å². The molecule has 4 nitrogen and oxygen atoms in total. The number of nitrogens with one attached hydrogen (secondary N) is 1. The van der Waals surface area contributed by atoms with E-state index in [9.17, 15) is 18.0 Å². The number of para-hydroxylation sites is 1. The van der Waals surface area contributed by atoms with Gasteiger partial charge in [0.25, 0.3) is 0 Å². The molecule has 0 aliphatic heterocycles. The van der Waals surface area contributed by atoms with Crippen molar-refractivity contribution in [1.82, 2.24) is 9.78 Å². The normalized spacial score (nSPS) is 11.5. The van der Waals surface area contributed by atoms with Crippen LogP contribution in [0.5, 0.6) is 0 Å². The molecular formula is C15H16F3N3O. The molecule has 0 atom stereocenters. The van der Waals surface area contributed by atoms with Gasteiger partial charge < -0.3 is 5.32 Å². The monoisotopic (exact) mass is 311 g/mol. The minimum Gasteiger partial charge on any atom is -0.325 e. The van der Waals surface area contributed by atoms with Crippen molar-refractivity contribution in [3.63, 3.8) is 0 Å². The fraction of sp³-hybridized carbons (Fsp3) is 0.333. The Bertz CT molecular complexity index is 636. The van der Waals surface area contributed by atoms with Crippen LogP contribution in [-0.4, -0.2) is 15.7 Å². The van der Waals surface area contributed by atoms with E-state index < -0.39 is 17.6 Å². The summed E-state index contributed by atoms with van der Waals surface area (Å²) in [6.07, 6.45) is -0.472. The topological polar surface area (TPSA) is 46.9 Å². The molecule has 0 aliphatic rings. The molecule has 0 bridgehead atoms. The van der Waals surface area contributed by atoms with Gasteiger partial charge in [-0.1, -0.05) is 12.1 Å². The molecule has 0 radical (unpaired) electrons. The van der Waals surface area contributed by atoms with Crippen molar-refractivity contribution >= 4 is 11.6 Å². The Morgan fingerprint density at radius 3 is 2.73 bits per heavy atom. The summed E-state index contributed by atoms with van der Waals surface area (Å²) in [4.78, 5) is 11.9. The van der Waals surface area contributed by atoms with Crippen LogP contribution in [0.2, 0.25) is 0 Å². The Balaban J connectivity index is 1.99. The van der Waals surface area contributed by atoms with E-state index in [4.69, 9.17) is 0 Å². The number of carbonyl (C=O) groups is 1. The number of amides is 1. The first-order chi connectivity index (χ1) is 10.4. The van der Waals surface area contributed by atoms with Crippen molar-refractivity contribution in [3.8, 4) is 0 Å². The van der Waals surface area contributed by atoms with E-state index >= 15 is 0 Å². The van der Waals surface area contributed by atoms with Gasteiger partial charge in [0.1, 0.15) is 0 Å². The smallest absolute Gasteiger partial charge is 0.325 e. The maximum absolute atomic E-state index is 13.0. The number of halogens is 3. The van der Waals surface area contributed by atoms with Crippen LogP contribution in [-0.2, 0) is 17.5 Å². The fourth-order valence-corrected chi connectivity index (χ4v) is 2.11. The van der Waals surface area contributed by atoms with Gasteiger partial charge in [0.05, 0.1) is 11.3 Å². The van der Waals surface area contributed by atoms with Crippen molar-refractivity contribution < 1.29 is 18.0 Å². The van der Waals surface area contributed by atoms with Crippen molar-refractivity contribution in [3.05, 3.63) is 47.8 Å². The Hall–Kier alpha value is -2.31. The number of hydrogen-bond acceptors (Lipinski definition) is 2. The molecule has 0 spiro atoms. The van der Waals surface area contributed by atoms with Crippen LogP contribution in [0.3, 0.4) is 0 Å². The molecule has 1 heterocycles. The summed E-state index contributed by atoms with van der Waals surface area (Å²) in [6.45, 7) is 2.08.